The van der Waals surface area contributed by atoms with Crippen molar-refractivity contribution in [2.24, 2.45) is 9.98 Å². The van der Waals surface area contributed by atoms with E-state index in [0.717, 1.165) is 99.5 Å². The molecule has 0 amide bonds. The van der Waals surface area contributed by atoms with E-state index in [1.54, 1.807) is 0 Å². The van der Waals surface area contributed by atoms with E-state index in [-0.39, 0.29) is 0 Å². The molecule has 0 bridgehead atoms. The molecule has 0 fully saturated rings. The molecule has 5 heterocycles. The van der Waals surface area contributed by atoms with Crippen molar-refractivity contribution >= 4 is 141 Å². The topological polar surface area (TPSA) is 59.8 Å². The largest absolute Gasteiger partial charge is 0.454 e. The maximum absolute atomic E-state index is 7.37. The molecule has 1 aliphatic heterocycles. The van der Waals surface area contributed by atoms with Crippen molar-refractivity contribution < 1.29 is 4.42 Å². The number of benzene rings is 12. The zero-order valence-electron chi connectivity index (χ0n) is 40.7. The van der Waals surface area contributed by atoms with E-state index in [4.69, 9.17) is 14.4 Å². The lowest BCUT2D eigenvalue weighted by Gasteiger charge is -2.25. The molecule has 0 saturated carbocycles. The zero-order chi connectivity index (χ0) is 49.6. The molecule has 6 nitrogen and oxygen atoms in total. The lowest BCUT2D eigenvalue weighted by molar-refractivity contribution is 0.666. The number of aliphatic imine (C=N–C) groups is 2. The van der Waals surface area contributed by atoms with Gasteiger partial charge in [-0.1, -0.05) is 164 Å². The summed E-state index contributed by atoms with van der Waals surface area (Å²) in [6.45, 7) is 0. The molecule has 354 valence electrons. The van der Waals surface area contributed by atoms with Gasteiger partial charge >= 0.3 is 0 Å². The summed E-state index contributed by atoms with van der Waals surface area (Å²) in [7, 11) is 0. The Kier molecular flexibility index (Phi) is 8.68. The van der Waals surface area contributed by atoms with Crippen molar-refractivity contribution in [3.05, 3.63) is 253 Å². The maximum atomic E-state index is 7.37. The molecule has 0 aliphatic carbocycles. The third-order valence-electron chi connectivity index (χ3n) is 15.9. The molecule has 1 aliphatic rings. The van der Waals surface area contributed by atoms with Gasteiger partial charge in [-0.15, -0.1) is 11.3 Å². The van der Waals surface area contributed by atoms with E-state index in [2.05, 4.69) is 251 Å². The highest BCUT2D eigenvalue weighted by Gasteiger charge is 2.30. The SMILES string of the molecule is c1ccc(-n2c3ccccc3c3c(C4N=C(c5ccc(-n6c7cc8ccccc8cc7c7ccc8ccccc8c76)c6oc7cc8ccccc8cc7c56)N=C(c5cccc6sc7ccccc7c56)N4)cccc32)cc1. The highest BCUT2D eigenvalue weighted by molar-refractivity contribution is 7.25. The summed E-state index contributed by atoms with van der Waals surface area (Å²) >= 11 is 1.82. The average Bonchev–Trinajstić information content (AvgIpc) is 4.35. The fourth-order valence-corrected chi connectivity index (χ4v) is 13.7. The molecule has 7 heteroatoms. The van der Waals surface area contributed by atoms with Crippen LogP contribution in [0.5, 0.6) is 0 Å². The predicted octanol–water partition coefficient (Wildman–Crippen LogP) is 18.1. The zero-order valence-corrected chi connectivity index (χ0v) is 41.5. The van der Waals surface area contributed by atoms with Crippen LogP contribution in [0.25, 0.3) is 129 Å². The van der Waals surface area contributed by atoms with Gasteiger partial charge in [0.15, 0.2) is 11.4 Å². The number of fused-ring (bicyclic) bond motifs is 16. The lowest BCUT2D eigenvalue weighted by Crippen LogP contribution is -2.33. The van der Waals surface area contributed by atoms with Crippen LogP contribution >= 0.6 is 11.3 Å². The van der Waals surface area contributed by atoms with Gasteiger partial charge in [-0.05, 0) is 99.7 Å². The Morgan fingerprint density at radius 3 is 1.93 bits per heavy atom. The molecule has 4 aromatic heterocycles. The molecule has 12 aromatic carbocycles. The molecular weight excluding hydrogens is 947 g/mol. The van der Waals surface area contributed by atoms with Gasteiger partial charge in [0.05, 0.1) is 27.8 Å². The number of nitrogens with zero attached hydrogens (tertiary/aromatic N) is 4. The first kappa shape index (κ1) is 41.6. The van der Waals surface area contributed by atoms with Crippen LogP contribution in [0.2, 0.25) is 0 Å². The monoisotopic (exact) mass is 987 g/mol. The quantitative estimate of drug-likeness (QED) is 0.187. The van der Waals surface area contributed by atoms with Crippen molar-refractivity contribution in [3.8, 4) is 11.4 Å². The van der Waals surface area contributed by atoms with Crippen LogP contribution in [-0.2, 0) is 0 Å². The number of furan rings is 1. The minimum absolute atomic E-state index is 0.521. The number of para-hydroxylation sites is 2. The Bertz CT molecular complexity index is 5230. The molecule has 1 N–H and O–H groups in total. The molecule has 0 spiro atoms. The van der Waals surface area contributed by atoms with E-state index in [1.807, 2.05) is 11.3 Å². The first-order valence-electron chi connectivity index (χ1n) is 25.8. The van der Waals surface area contributed by atoms with Crippen LogP contribution in [0.15, 0.2) is 251 Å². The summed E-state index contributed by atoms with van der Waals surface area (Å²) in [4.78, 5) is 11.5. The standard InChI is InChI=1S/C69H41N5OS/c1-2-21-45(22-3-1)73-55-28-12-10-24-48(55)62-50(26-14-29-56(62)73)67-70-68(51-27-15-31-61-63(51)49-25-11-13-30-60(49)76-61)72-69(71-67)52-34-35-57(66-64(52)54-37-42-18-5-7-20-44(42)39-59(54)75-66)74-58-38-43-19-6-4-17-41(43)36-53(58)47-33-32-40-16-8-9-23-46(40)65(47)74/h1-39,67H,(H,70,71,72). The van der Waals surface area contributed by atoms with Crippen molar-refractivity contribution in [1.82, 2.24) is 14.5 Å². The number of amidine groups is 2. The molecule has 76 heavy (non-hydrogen) atoms. The van der Waals surface area contributed by atoms with E-state index in [9.17, 15) is 0 Å². The molecule has 1 atom stereocenters. The number of hydrogen-bond donors (Lipinski definition) is 1. The second kappa shape index (κ2) is 15.8. The number of aromatic nitrogens is 2. The van der Waals surface area contributed by atoms with E-state index in [1.165, 1.54) is 52.5 Å². The summed E-state index contributed by atoms with van der Waals surface area (Å²) in [6, 6.07) is 85.5. The third-order valence-corrected chi connectivity index (χ3v) is 17.0. The van der Waals surface area contributed by atoms with Gasteiger partial charge in [0.1, 0.15) is 17.6 Å². The van der Waals surface area contributed by atoms with E-state index in [0.29, 0.717) is 5.84 Å². The number of rotatable bonds is 5. The molecule has 16 aromatic rings. The fraction of sp³-hybridized carbons (Fsp3) is 0.0145. The van der Waals surface area contributed by atoms with E-state index >= 15 is 0 Å². The van der Waals surface area contributed by atoms with Crippen LogP contribution in [0.4, 0.5) is 0 Å². The molecule has 0 radical (unpaired) electrons. The van der Waals surface area contributed by atoms with Gasteiger partial charge < -0.3 is 18.9 Å². The Labute approximate surface area is 438 Å². The van der Waals surface area contributed by atoms with Gasteiger partial charge in [0.2, 0.25) is 0 Å². The Hall–Kier alpha value is -9.82. The van der Waals surface area contributed by atoms with Gasteiger partial charge in [-0.25, -0.2) is 9.98 Å². The fourth-order valence-electron chi connectivity index (χ4n) is 12.6. The van der Waals surface area contributed by atoms with Gasteiger partial charge in [-0.3, -0.25) is 0 Å². The summed E-state index contributed by atoms with van der Waals surface area (Å²) in [5.41, 5.74) is 11.1. The summed E-state index contributed by atoms with van der Waals surface area (Å²) < 4.78 is 14.6. The predicted molar refractivity (Wildman–Crippen MR) is 320 cm³/mol. The molecule has 17 rings (SSSR count). The van der Waals surface area contributed by atoms with Crippen LogP contribution < -0.4 is 5.32 Å². The van der Waals surface area contributed by atoms with Gasteiger partial charge in [0, 0.05) is 80.3 Å². The second-order valence-corrected chi connectivity index (χ2v) is 21.1. The average molecular weight is 988 g/mol. The van der Waals surface area contributed by atoms with E-state index < -0.39 is 6.17 Å². The third kappa shape index (κ3) is 5.97. The Balaban J connectivity index is 0.983. The normalized spacial score (nSPS) is 14.2. The van der Waals surface area contributed by atoms with Gasteiger partial charge in [-0.2, -0.15) is 0 Å². The van der Waals surface area contributed by atoms with Crippen molar-refractivity contribution in [2.45, 2.75) is 6.17 Å². The summed E-state index contributed by atoms with van der Waals surface area (Å²) in [6.07, 6.45) is -0.521. The van der Waals surface area contributed by atoms with Crippen molar-refractivity contribution in [1.29, 1.82) is 0 Å². The van der Waals surface area contributed by atoms with Crippen LogP contribution in [0.3, 0.4) is 0 Å². The molecule has 0 saturated heterocycles. The highest BCUT2D eigenvalue weighted by Crippen LogP contribution is 2.45. The first-order valence-corrected chi connectivity index (χ1v) is 26.6. The Morgan fingerprint density at radius 1 is 0.421 bits per heavy atom. The summed E-state index contributed by atoms with van der Waals surface area (Å²) in [5, 5.41) is 20.0. The van der Waals surface area contributed by atoms with Crippen LogP contribution in [0.1, 0.15) is 22.9 Å². The first-order chi connectivity index (χ1) is 37.7. The van der Waals surface area contributed by atoms with Crippen LogP contribution in [0, 0.1) is 0 Å². The molecular formula is C69H41N5OS. The smallest absolute Gasteiger partial charge is 0.160 e. The maximum Gasteiger partial charge on any atom is 0.160 e. The Morgan fingerprint density at radius 2 is 1.09 bits per heavy atom. The lowest BCUT2D eigenvalue weighted by atomic mass is 9.99. The second-order valence-electron chi connectivity index (χ2n) is 20.0. The number of hydrogen-bond acceptors (Lipinski definition) is 5. The van der Waals surface area contributed by atoms with Crippen molar-refractivity contribution in [2.75, 3.05) is 0 Å². The number of thiophene rings is 1. The minimum Gasteiger partial charge on any atom is -0.454 e. The molecule has 1 unspecified atom stereocenters. The number of nitrogens with one attached hydrogen (secondary N) is 1. The van der Waals surface area contributed by atoms with Crippen molar-refractivity contribution in [3.63, 3.8) is 0 Å². The highest BCUT2D eigenvalue weighted by atomic mass is 32.1. The van der Waals surface area contributed by atoms with Crippen LogP contribution in [-0.4, -0.2) is 20.8 Å². The minimum atomic E-state index is -0.521. The van der Waals surface area contributed by atoms with Gasteiger partial charge in [0.25, 0.3) is 0 Å². The summed E-state index contributed by atoms with van der Waals surface area (Å²) in [5.74, 6) is 1.40.